The summed E-state index contributed by atoms with van der Waals surface area (Å²) < 4.78 is 5.93. The predicted molar refractivity (Wildman–Crippen MR) is 91.9 cm³/mol. The van der Waals surface area contributed by atoms with Gasteiger partial charge in [-0.05, 0) is 53.8 Å². The van der Waals surface area contributed by atoms with E-state index in [0.29, 0.717) is 18.6 Å². The monoisotopic (exact) mass is 291 g/mol. The van der Waals surface area contributed by atoms with Crippen LogP contribution in [0.4, 0.5) is 0 Å². The number of rotatable bonds is 6. The van der Waals surface area contributed by atoms with Crippen molar-refractivity contribution in [2.75, 3.05) is 13.2 Å². The molecular formula is C19H33NO. The Morgan fingerprint density at radius 2 is 1.57 bits per heavy atom. The molecule has 1 aromatic rings. The summed E-state index contributed by atoms with van der Waals surface area (Å²) in [5, 5.41) is 0. The standard InChI is InChI=1S/C19H33NO/c1-18(2,3)13-15-8-9-17(21-11-7-10-20)16(12-15)14-19(4,5)6/h8-9,12H,7,10-11,13-14,20H2,1-6H3. The molecule has 0 bridgehead atoms. The van der Waals surface area contributed by atoms with Crippen LogP contribution in [-0.2, 0) is 12.8 Å². The summed E-state index contributed by atoms with van der Waals surface area (Å²) in [7, 11) is 0. The van der Waals surface area contributed by atoms with Gasteiger partial charge >= 0.3 is 0 Å². The van der Waals surface area contributed by atoms with E-state index in [1.807, 2.05) is 0 Å². The van der Waals surface area contributed by atoms with Gasteiger partial charge in [-0.3, -0.25) is 0 Å². The lowest BCUT2D eigenvalue weighted by Crippen LogP contribution is -2.14. The van der Waals surface area contributed by atoms with Gasteiger partial charge in [0.2, 0.25) is 0 Å². The first-order valence-electron chi connectivity index (χ1n) is 8.05. The molecule has 0 saturated heterocycles. The van der Waals surface area contributed by atoms with E-state index in [4.69, 9.17) is 10.5 Å². The highest BCUT2D eigenvalue weighted by Gasteiger charge is 2.17. The van der Waals surface area contributed by atoms with E-state index >= 15 is 0 Å². The Labute approximate surface area is 131 Å². The molecule has 0 unspecified atom stereocenters. The largest absolute Gasteiger partial charge is 0.493 e. The average molecular weight is 291 g/mol. The minimum atomic E-state index is 0.256. The number of hydrogen-bond donors (Lipinski definition) is 1. The lowest BCUT2D eigenvalue weighted by Gasteiger charge is -2.23. The Balaban J connectivity index is 2.96. The summed E-state index contributed by atoms with van der Waals surface area (Å²) >= 11 is 0. The number of benzene rings is 1. The number of nitrogens with two attached hydrogens (primary N) is 1. The van der Waals surface area contributed by atoms with E-state index in [1.165, 1.54) is 11.1 Å². The molecule has 0 heterocycles. The Bertz CT molecular complexity index is 438. The maximum atomic E-state index is 5.93. The molecular weight excluding hydrogens is 258 g/mol. The van der Waals surface area contributed by atoms with Gasteiger partial charge in [-0.2, -0.15) is 0 Å². The minimum absolute atomic E-state index is 0.256. The highest BCUT2D eigenvalue weighted by Crippen LogP contribution is 2.30. The molecule has 0 fully saturated rings. The molecule has 2 nitrogen and oxygen atoms in total. The van der Waals surface area contributed by atoms with E-state index in [2.05, 4.69) is 59.7 Å². The first-order valence-corrected chi connectivity index (χ1v) is 8.05. The fourth-order valence-electron chi connectivity index (χ4n) is 2.47. The second-order valence-electron chi connectivity index (χ2n) is 8.41. The van der Waals surface area contributed by atoms with Crippen molar-refractivity contribution in [3.05, 3.63) is 29.3 Å². The molecule has 0 aliphatic rings. The van der Waals surface area contributed by atoms with Crippen LogP contribution in [0.25, 0.3) is 0 Å². The molecule has 1 rings (SSSR count). The predicted octanol–water partition coefficient (Wildman–Crippen LogP) is 4.59. The molecule has 2 heteroatoms. The minimum Gasteiger partial charge on any atom is -0.493 e. The van der Waals surface area contributed by atoms with Crippen LogP contribution in [0.2, 0.25) is 0 Å². The summed E-state index contributed by atoms with van der Waals surface area (Å²) in [5.74, 6) is 1.02. The third-order valence-electron chi connectivity index (χ3n) is 3.19. The third-order valence-corrected chi connectivity index (χ3v) is 3.19. The van der Waals surface area contributed by atoms with Gasteiger partial charge in [0, 0.05) is 0 Å². The molecule has 0 saturated carbocycles. The highest BCUT2D eigenvalue weighted by molar-refractivity contribution is 5.38. The van der Waals surface area contributed by atoms with E-state index < -0.39 is 0 Å². The SMILES string of the molecule is CC(C)(C)Cc1ccc(OCCCN)c(CC(C)(C)C)c1. The number of ether oxygens (including phenoxy) is 1. The third kappa shape index (κ3) is 7.52. The van der Waals surface area contributed by atoms with Crippen LogP contribution in [0.15, 0.2) is 18.2 Å². The van der Waals surface area contributed by atoms with E-state index in [0.717, 1.165) is 25.0 Å². The van der Waals surface area contributed by atoms with Crippen molar-refractivity contribution in [2.24, 2.45) is 16.6 Å². The smallest absolute Gasteiger partial charge is 0.122 e. The van der Waals surface area contributed by atoms with Crippen molar-refractivity contribution in [2.45, 2.75) is 60.8 Å². The quantitative estimate of drug-likeness (QED) is 0.778. The first-order chi connectivity index (χ1) is 9.61. The number of hydrogen-bond acceptors (Lipinski definition) is 2. The maximum absolute atomic E-state index is 5.93. The molecule has 120 valence electrons. The topological polar surface area (TPSA) is 35.2 Å². The van der Waals surface area contributed by atoms with Gasteiger partial charge in [0.1, 0.15) is 5.75 Å². The lowest BCUT2D eigenvalue weighted by molar-refractivity contribution is 0.304. The summed E-state index contributed by atoms with van der Waals surface area (Å²) in [6, 6.07) is 6.67. The molecule has 21 heavy (non-hydrogen) atoms. The zero-order valence-electron chi connectivity index (χ0n) is 14.8. The first kappa shape index (κ1) is 18.0. The molecule has 0 aromatic heterocycles. The van der Waals surface area contributed by atoms with Crippen LogP contribution in [-0.4, -0.2) is 13.2 Å². The second-order valence-corrected chi connectivity index (χ2v) is 8.41. The molecule has 0 aliphatic carbocycles. The Morgan fingerprint density at radius 3 is 2.10 bits per heavy atom. The summed E-state index contributed by atoms with van der Waals surface area (Å²) in [6.07, 6.45) is 3.02. The molecule has 0 amide bonds. The van der Waals surface area contributed by atoms with Crippen molar-refractivity contribution in [1.82, 2.24) is 0 Å². The zero-order chi connectivity index (χ0) is 16.1. The summed E-state index contributed by atoms with van der Waals surface area (Å²) in [5.41, 5.74) is 8.83. The Kier molecular flexibility index (Phi) is 6.27. The second kappa shape index (κ2) is 7.31. The molecule has 2 N–H and O–H groups in total. The summed E-state index contributed by atoms with van der Waals surface area (Å²) in [4.78, 5) is 0. The van der Waals surface area contributed by atoms with Gasteiger partial charge in [-0.25, -0.2) is 0 Å². The van der Waals surface area contributed by atoms with Crippen molar-refractivity contribution >= 4 is 0 Å². The highest BCUT2D eigenvalue weighted by atomic mass is 16.5. The van der Waals surface area contributed by atoms with E-state index in [9.17, 15) is 0 Å². The lowest BCUT2D eigenvalue weighted by atomic mass is 9.84. The molecule has 0 atom stereocenters. The molecule has 0 radical (unpaired) electrons. The normalized spacial score (nSPS) is 12.5. The summed E-state index contributed by atoms with van der Waals surface area (Å²) in [6.45, 7) is 15.0. The van der Waals surface area contributed by atoms with Gasteiger partial charge in [0.25, 0.3) is 0 Å². The van der Waals surface area contributed by atoms with Crippen LogP contribution >= 0.6 is 0 Å². The van der Waals surface area contributed by atoms with Crippen LogP contribution < -0.4 is 10.5 Å². The van der Waals surface area contributed by atoms with Crippen LogP contribution in [0, 0.1) is 10.8 Å². The van der Waals surface area contributed by atoms with Crippen molar-refractivity contribution < 1.29 is 4.74 Å². The van der Waals surface area contributed by atoms with Gasteiger partial charge in [0.05, 0.1) is 6.61 Å². The fraction of sp³-hybridized carbons (Fsp3) is 0.684. The molecule has 0 aliphatic heterocycles. The van der Waals surface area contributed by atoms with Crippen LogP contribution in [0.1, 0.15) is 59.1 Å². The van der Waals surface area contributed by atoms with Gasteiger partial charge in [-0.1, -0.05) is 53.7 Å². The van der Waals surface area contributed by atoms with Crippen LogP contribution in [0.3, 0.4) is 0 Å². The van der Waals surface area contributed by atoms with Crippen molar-refractivity contribution in [3.63, 3.8) is 0 Å². The maximum Gasteiger partial charge on any atom is 0.122 e. The van der Waals surface area contributed by atoms with Crippen molar-refractivity contribution in [3.8, 4) is 5.75 Å². The fourth-order valence-corrected chi connectivity index (χ4v) is 2.47. The van der Waals surface area contributed by atoms with Crippen molar-refractivity contribution in [1.29, 1.82) is 0 Å². The molecule has 0 spiro atoms. The van der Waals surface area contributed by atoms with E-state index in [-0.39, 0.29) is 5.41 Å². The molecule has 1 aromatic carbocycles. The van der Waals surface area contributed by atoms with Gasteiger partial charge in [-0.15, -0.1) is 0 Å². The van der Waals surface area contributed by atoms with Gasteiger partial charge in [0.15, 0.2) is 0 Å². The zero-order valence-corrected chi connectivity index (χ0v) is 14.8. The van der Waals surface area contributed by atoms with Gasteiger partial charge < -0.3 is 10.5 Å². The van der Waals surface area contributed by atoms with Crippen LogP contribution in [0.5, 0.6) is 5.75 Å². The Morgan fingerprint density at radius 1 is 0.952 bits per heavy atom. The average Bonchev–Trinajstić information content (AvgIpc) is 2.28. The Hall–Kier alpha value is -1.02. The van der Waals surface area contributed by atoms with E-state index in [1.54, 1.807) is 0 Å².